The van der Waals surface area contributed by atoms with Crippen molar-refractivity contribution in [3.63, 3.8) is 0 Å². The molecule has 15 nitrogen and oxygen atoms in total. The number of sulfonamides is 1. The van der Waals surface area contributed by atoms with Crippen LogP contribution in [0, 0.1) is 10.1 Å². The number of piperazine rings is 1. The van der Waals surface area contributed by atoms with E-state index in [1.165, 1.54) is 19.1 Å². The second-order valence-corrected chi connectivity index (χ2v) is 10.8. The number of ether oxygens (including phenoxy) is 3. The van der Waals surface area contributed by atoms with E-state index in [0.29, 0.717) is 0 Å². The molecular formula is C25H30N4O11S. The summed E-state index contributed by atoms with van der Waals surface area (Å²) in [6.45, 7) is -0.264. The lowest BCUT2D eigenvalue weighted by molar-refractivity contribution is -0.386. The average Bonchev–Trinajstić information content (AvgIpc) is 2.97. The van der Waals surface area contributed by atoms with Gasteiger partial charge in [-0.05, 0) is 12.0 Å². The van der Waals surface area contributed by atoms with Crippen molar-refractivity contribution >= 4 is 33.7 Å². The zero-order valence-corrected chi connectivity index (χ0v) is 23.2. The number of nitrogens with one attached hydrogen (secondary N) is 1. The third kappa shape index (κ3) is 7.82. The number of hydrogen-bond donors (Lipinski definition) is 2. The molecule has 1 aliphatic heterocycles. The molecule has 0 aromatic heterocycles. The van der Waals surface area contributed by atoms with Crippen LogP contribution in [0.3, 0.4) is 0 Å². The SMILES string of the molecule is COc1cc(OC)c(S(=O)(=O)N2CCN(C(=O)CC[C@H](NC(=O)OCc3ccccc3)C(=O)O)CC2)cc1[N+](=O)[O-]. The van der Waals surface area contributed by atoms with Gasteiger partial charge >= 0.3 is 17.7 Å². The Morgan fingerprint density at radius 3 is 2.24 bits per heavy atom. The molecule has 2 amide bonds. The van der Waals surface area contributed by atoms with Crippen molar-refractivity contribution in [3.8, 4) is 11.5 Å². The highest BCUT2D eigenvalue weighted by Gasteiger charge is 2.35. The largest absolute Gasteiger partial charge is 0.495 e. The maximum Gasteiger partial charge on any atom is 0.408 e. The maximum atomic E-state index is 13.3. The van der Waals surface area contributed by atoms with E-state index in [9.17, 15) is 38.0 Å². The van der Waals surface area contributed by atoms with Gasteiger partial charge in [-0.15, -0.1) is 0 Å². The van der Waals surface area contributed by atoms with Crippen LogP contribution in [-0.2, 0) is 31.0 Å². The number of nitro groups is 1. The summed E-state index contributed by atoms with van der Waals surface area (Å²) in [5, 5.41) is 23.1. The molecule has 2 aromatic rings. The summed E-state index contributed by atoms with van der Waals surface area (Å²) in [4.78, 5) is 48.0. The highest BCUT2D eigenvalue weighted by Crippen LogP contribution is 2.38. The molecule has 1 saturated heterocycles. The van der Waals surface area contributed by atoms with E-state index in [1.807, 2.05) is 0 Å². The lowest BCUT2D eigenvalue weighted by Gasteiger charge is -2.34. The van der Waals surface area contributed by atoms with Crippen molar-refractivity contribution in [1.29, 1.82) is 0 Å². The first-order valence-corrected chi connectivity index (χ1v) is 13.8. The monoisotopic (exact) mass is 594 g/mol. The number of nitrogens with zero attached hydrogens (tertiary/aromatic N) is 3. The maximum absolute atomic E-state index is 13.3. The van der Waals surface area contributed by atoms with Crippen molar-refractivity contribution < 1.29 is 47.0 Å². The molecule has 2 N–H and O–H groups in total. The van der Waals surface area contributed by atoms with Gasteiger partial charge in [0, 0.05) is 44.7 Å². The number of carbonyl (C=O) groups is 3. The fourth-order valence-corrected chi connectivity index (χ4v) is 5.68. The normalized spacial score (nSPS) is 14.5. The minimum atomic E-state index is -4.24. The summed E-state index contributed by atoms with van der Waals surface area (Å²) in [6, 6.07) is 9.42. The molecule has 16 heteroatoms. The quantitative estimate of drug-likeness (QED) is 0.268. The molecule has 41 heavy (non-hydrogen) atoms. The van der Waals surface area contributed by atoms with Crippen LogP contribution in [0.2, 0.25) is 0 Å². The first-order valence-electron chi connectivity index (χ1n) is 12.4. The zero-order chi connectivity index (χ0) is 30.2. The summed E-state index contributed by atoms with van der Waals surface area (Å²) in [5.74, 6) is -2.07. The minimum absolute atomic E-state index is 0.00289. The first kappa shape index (κ1) is 31.1. The van der Waals surface area contributed by atoms with Crippen molar-refractivity contribution in [2.75, 3.05) is 40.4 Å². The minimum Gasteiger partial charge on any atom is -0.495 e. The number of hydrogen-bond acceptors (Lipinski definition) is 10. The van der Waals surface area contributed by atoms with E-state index in [4.69, 9.17) is 14.2 Å². The third-order valence-corrected chi connectivity index (χ3v) is 8.24. The number of aliphatic carboxylic acids is 1. The summed E-state index contributed by atoms with van der Waals surface area (Å²) >= 11 is 0. The van der Waals surface area contributed by atoms with Gasteiger partial charge in [-0.1, -0.05) is 30.3 Å². The Labute approximate surface area is 235 Å². The molecule has 0 bridgehead atoms. The predicted octanol–water partition coefficient (Wildman–Crippen LogP) is 1.60. The molecule has 1 aliphatic rings. The Morgan fingerprint density at radius 2 is 1.68 bits per heavy atom. The third-order valence-electron chi connectivity index (χ3n) is 6.32. The number of rotatable bonds is 12. The van der Waals surface area contributed by atoms with Crippen molar-refractivity contribution in [2.24, 2.45) is 0 Å². The summed E-state index contributed by atoms with van der Waals surface area (Å²) < 4.78 is 42.9. The zero-order valence-electron chi connectivity index (χ0n) is 22.3. The number of carboxylic acids is 1. The molecule has 1 heterocycles. The molecule has 0 saturated carbocycles. The average molecular weight is 595 g/mol. The molecule has 1 fully saturated rings. The summed E-state index contributed by atoms with van der Waals surface area (Å²) in [6.07, 6.45) is -1.37. The number of benzene rings is 2. The fourth-order valence-electron chi connectivity index (χ4n) is 4.11. The smallest absolute Gasteiger partial charge is 0.408 e. The summed E-state index contributed by atoms with van der Waals surface area (Å²) in [5.41, 5.74) is 0.167. The van der Waals surface area contributed by atoms with E-state index in [2.05, 4.69) is 5.32 Å². The summed E-state index contributed by atoms with van der Waals surface area (Å²) in [7, 11) is -1.81. The molecule has 1 atom stereocenters. The lowest BCUT2D eigenvalue weighted by Crippen LogP contribution is -2.51. The Morgan fingerprint density at radius 1 is 1.05 bits per heavy atom. The van der Waals surface area contributed by atoms with Crippen molar-refractivity contribution in [2.45, 2.75) is 30.4 Å². The number of amides is 2. The molecule has 0 unspecified atom stereocenters. The van der Waals surface area contributed by atoms with Gasteiger partial charge in [0.2, 0.25) is 21.7 Å². The van der Waals surface area contributed by atoms with Crippen LogP contribution in [0.1, 0.15) is 18.4 Å². The number of carbonyl (C=O) groups excluding carboxylic acids is 2. The van der Waals surface area contributed by atoms with Gasteiger partial charge in [-0.3, -0.25) is 14.9 Å². The van der Waals surface area contributed by atoms with Crippen LogP contribution in [-0.4, -0.2) is 92.1 Å². The van der Waals surface area contributed by atoms with Gasteiger partial charge in [0.1, 0.15) is 23.3 Å². The second kappa shape index (κ2) is 13.8. The van der Waals surface area contributed by atoms with Gasteiger partial charge < -0.3 is 29.5 Å². The van der Waals surface area contributed by atoms with Crippen LogP contribution in [0.15, 0.2) is 47.4 Å². The van der Waals surface area contributed by atoms with Crippen molar-refractivity contribution in [3.05, 3.63) is 58.1 Å². The van der Waals surface area contributed by atoms with Gasteiger partial charge in [-0.2, -0.15) is 4.31 Å². The Balaban J connectivity index is 1.57. The Hall–Kier alpha value is -4.44. The van der Waals surface area contributed by atoms with E-state index < -0.39 is 49.5 Å². The van der Waals surface area contributed by atoms with Gasteiger partial charge in [0.05, 0.1) is 19.1 Å². The standard InChI is InChI=1S/C25H30N4O11S/c1-38-20-15-21(39-2)22(14-19(20)29(34)35)41(36,37)28-12-10-27(11-13-28)23(30)9-8-18(24(31)32)26-25(33)40-16-17-6-4-3-5-7-17/h3-7,14-15,18H,8-13,16H2,1-2H3,(H,26,33)(H,31,32)/t18-/m0/s1. The highest BCUT2D eigenvalue weighted by atomic mass is 32.2. The number of methoxy groups -OCH3 is 2. The molecule has 0 aliphatic carbocycles. The molecule has 3 rings (SSSR count). The molecule has 0 radical (unpaired) electrons. The van der Waals surface area contributed by atoms with E-state index in [0.717, 1.165) is 22.0 Å². The van der Waals surface area contributed by atoms with Crippen LogP contribution < -0.4 is 14.8 Å². The van der Waals surface area contributed by atoms with Gasteiger partial charge in [0.25, 0.3) is 0 Å². The van der Waals surface area contributed by atoms with Crippen LogP contribution in [0.4, 0.5) is 10.5 Å². The molecule has 222 valence electrons. The topological polar surface area (TPSA) is 195 Å². The Kier molecular flexibility index (Phi) is 10.4. The van der Waals surface area contributed by atoms with Gasteiger partial charge in [0.15, 0.2) is 0 Å². The fraction of sp³-hybridized carbons (Fsp3) is 0.400. The predicted molar refractivity (Wildman–Crippen MR) is 142 cm³/mol. The molecule has 2 aromatic carbocycles. The molecular weight excluding hydrogens is 564 g/mol. The Bertz CT molecular complexity index is 1380. The lowest BCUT2D eigenvalue weighted by atomic mass is 10.1. The van der Waals surface area contributed by atoms with Crippen molar-refractivity contribution in [1.82, 2.24) is 14.5 Å². The van der Waals surface area contributed by atoms with Crippen LogP contribution >= 0.6 is 0 Å². The number of nitro benzene ring substituents is 1. The second-order valence-electron chi connectivity index (χ2n) is 8.85. The van der Waals surface area contributed by atoms with Crippen LogP contribution in [0.25, 0.3) is 0 Å². The van der Waals surface area contributed by atoms with E-state index in [1.54, 1.807) is 30.3 Å². The van der Waals surface area contributed by atoms with Crippen LogP contribution in [0.5, 0.6) is 11.5 Å². The number of alkyl carbamates (subject to hydrolysis) is 1. The van der Waals surface area contributed by atoms with E-state index >= 15 is 0 Å². The van der Waals surface area contributed by atoms with Gasteiger partial charge in [-0.25, -0.2) is 18.0 Å². The number of carboxylic acid groups (broad SMARTS) is 1. The molecule has 0 spiro atoms. The highest BCUT2D eigenvalue weighted by molar-refractivity contribution is 7.89. The van der Waals surface area contributed by atoms with E-state index in [-0.39, 0.29) is 57.1 Å². The first-order chi connectivity index (χ1) is 19.5.